The smallest absolute Gasteiger partial charge is 0.161 e. The molecular weight excluding hydrogens is 336 g/mol. The molecule has 128 valence electrons. The van der Waals surface area contributed by atoms with E-state index in [-0.39, 0.29) is 0 Å². The molecule has 0 amide bonds. The van der Waals surface area contributed by atoms with E-state index in [1.165, 1.54) is 0 Å². The molecular formula is C19H19ClN4O. The van der Waals surface area contributed by atoms with Gasteiger partial charge in [-0.1, -0.05) is 11.6 Å². The Labute approximate surface area is 151 Å². The lowest BCUT2D eigenvalue weighted by Gasteiger charge is -2.34. The molecule has 25 heavy (non-hydrogen) atoms. The van der Waals surface area contributed by atoms with Gasteiger partial charge in [-0.3, -0.25) is 0 Å². The van der Waals surface area contributed by atoms with Crippen LogP contribution in [0.2, 0.25) is 5.02 Å². The first kappa shape index (κ1) is 16.2. The van der Waals surface area contributed by atoms with Crippen molar-refractivity contribution in [3.8, 4) is 11.4 Å². The molecule has 4 rings (SSSR count). The van der Waals surface area contributed by atoms with E-state index in [9.17, 15) is 0 Å². The summed E-state index contributed by atoms with van der Waals surface area (Å²) in [6.07, 6.45) is 1.84. The summed E-state index contributed by atoms with van der Waals surface area (Å²) in [6, 6.07) is 10.1. The molecule has 0 bridgehead atoms. The van der Waals surface area contributed by atoms with E-state index in [1.54, 1.807) is 0 Å². The Balaban J connectivity index is 1.69. The predicted octanol–water partition coefficient (Wildman–Crippen LogP) is 3.88. The number of rotatable bonds is 2. The number of aryl methyl sites for hydroxylation is 1. The maximum atomic E-state index is 6.10. The molecule has 1 aliphatic rings. The van der Waals surface area contributed by atoms with Crippen LogP contribution in [0.5, 0.6) is 0 Å². The van der Waals surface area contributed by atoms with Crippen molar-refractivity contribution in [1.82, 2.24) is 15.0 Å². The highest BCUT2D eigenvalue weighted by Crippen LogP contribution is 2.25. The summed E-state index contributed by atoms with van der Waals surface area (Å²) in [5.74, 6) is 1.63. The van der Waals surface area contributed by atoms with E-state index in [2.05, 4.69) is 26.8 Å². The Morgan fingerprint density at radius 1 is 1.20 bits per heavy atom. The number of benzene rings is 1. The highest BCUT2D eigenvalue weighted by Gasteiger charge is 2.20. The summed E-state index contributed by atoms with van der Waals surface area (Å²) in [4.78, 5) is 16.2. The van der Waals surface area contributed by atoms with Gasteiger partial charge in [0.2, 0.25) is 0 Å². The second kappa shape index (κ2) is 6.58. The minimum absolute atomic E-state index is 0.327. The molecule has 1 fully saturated rings. The van der Waals surface area contributed by atoms with Gasteiger partial charge in [0.25, 0.3) is 0 Å². The summed E-state index contributed by atoms with van der Waals surface area (Å²) in [5.41, 5.74) is 2.68. The molecule has 1 saturated heterocycles. The van der Waals surface area contributed by atoms with Crippen molar-refractivity contribution in [2.45, 2.75) is 19.9 Å². The fraction of sp³-hybridized carbons (Fsp3) is 0.316. The fourth-order valence-corrected chi connectivity index (χ4v) is 3.31. The van der Waals surface area contributed by atoms with Crippen molar-refractivity contribution in [2.75, 3.05) is 24.7 Å². The molecule has 1 atom stereocenters. The van der Waals surface area contributed by atoms with Crippen molar-refractivity contribution in [3.63, 3.8) is 0 Å². The Hall–Kier alpha value is -2.24. The van der Waals surface area contributed by atoms with Crippen LogP contribution in [-0.4, -0.2) is 40.8 Å². The van der Waals surface area contributed by atoms with Gasteiger partial charge in [-0.25, -0.2) is 15.0 Å². The highest BCUT2D eigenvalue weighted by molar-refractivity contribution is 6.31. The lowest BCUT2D eigenvalue weighted by molar-refractivity contribution is 0.0985. The third kappa shape index (κ3) is 3.17. The molecule has 2 aromatic heterocycles. The molecule has 0 N–H and O–H groups in total. The van der Waals surface area contributed by atoms with Gasteiger partial charge >= 0.3 is 0 Å². The zero-order chi connectivity index (χ0) is 17.4. The first-order valence-electron chi connectivity index (χ1n) is 8.36. The van der Waals surface area contributed by atoms with Gasteiger partial charge in [0.1, 0.15) is 5.82 Å². The van der Waals surface area contributed by atoms with Crippen LogP contribution in [0, 0.1) is 6.92 Å². The van der Waals surface area contributed by atoms with E-state index < -0.39 is 0 Å². The van der Waals surface area contributed by atoms with Crippen LogP contribution in [0.15, 0.2) is 36.5 Å². The Kier molecular flexibility index (Phi) is 4.27. The molecule has 3 heterocycles. The first-order chi connectivity index (χ1) is 12.1. The summed E-state index contributed by atoms with van der Waals surface area (Å²) in [7, 11) is 0. The molecule has 3 aromatic rings. The number of hydrogen-bond donors (Lipinski definition) is 0. The van der Waals surface area contributed by atoms with Crippen molar-refractivity contribution >= 4 is 28.3 Å². The van der Waals surface area contributed by atoms with Gasteiger partial charge < -0.3 is 9.64 Å². The van der Waals surface area contributed by atoms with Gasteiger partial charge in [-0.2, -0.15) is 0 Å². The summed E-state index contributed by atoms with van der Waals surface area (Å²) < 4.78 is 5.49. The molecule has 1 aliphatic heterocycles. The summed E-state index contributed by atoms with van der Waals surface area (Å²) in [6.45, 7) is 6.46. The first-order valence-corrected chi connectivity index (χ1v) is 8.74. The molecule has 0 aliphatic carbocycles. The predicted molar refractivity (Wildman–Crippen MR) is 100 cm³/mol. The van der Waals surface area contributed by atoms with Crippen LogP contribution in [0.3, 0.4) is 0 Å². The average Bonchev–Trinajstić information content (AvgIpc) is 2.62. The number of hydrogen-bond acceptors (Lipinski definition) is 5. The molecule has 0 radical (unpaired) electrons. The third-order valence-electron chi connectivity index (χ3n) is 4.52. The highest BCUT2D eigenvalue weighted by atomic mass is 35.5. The van der Waals surface area contributed by atoms with E-state index >= 15 is 0 Å². The van der Waals surface area contributed by atoms with Crippen LogP contribution in [0.4, 0.5) is 5.82 Å². The summed E-state index contributed by atoms with van der Waals surface area (Å²) in [5, 5.41) is 1.69. The molecule has 0 saturated carbocycles. The SMILES string of the molecule is Cc1nc(-c2ccc(N3CCOC[C@H]3C)nc2)nc2cc(Cl)ccc12. The zero-order valence-corrected chi connectivity index (χ0v) is 15.0. The number of nitrogens with zero attached hydrogens (tertiary/aromatic N) is 4. The maximum absolute atomic E-state index is 6.10. The number of fused-ring (bicyclic) bond motifs is 1. The Morgan fingerprint density at radius 2 is 2.08 bits per heavy atom. The van der Waals surface area contributed by atoms with Gasteiger partial charge in [-0.15, -0.1) is 0 Å². The van der Waals surface area contributed by atoms with Gasteiger partial charge in [0, 0.05) is 34.4 Å². The lowest BCUT2D eigenvalue weighted by atomic mass is 10.1. The Bertz CT molecular complexity index is 913. The standard InChI is InChI=1S/C19H19ClN4O/c1-12-11-25-8-7-24(12)18-6-3-14(10-21-18)19-22-13(2)16-5-4-15(20)9-17(16)23-19/h3-6,9-10,12H,7-8,11H2,1-2H3/t12-/m1/s1. The maximum Gasteiger partial charge on any atom is 0.161 e. The normalized spacial score (nSPS) is 17.9. The van der Waals surface area contributed by atoms with Gasteiger partial charge in [0.05, 0.1) is 24.8 Å². The molecule has 0 spiro atoms. The van der Waals surface area contributed by atoms with Crippen molar-refractivity contribution in [2.24, 2.45) is 0 Å². The van der Waals surface area contributed by atoms with Crippen LogP contribution in [-0.2, 0) is 4.74 Å². The van der Waals surface area contributed by atoms with Crippen molar-refractivity contribution < 1.29 is 4.74 Å². The van der Waals surface area contributed by atoms with E-state index in [1.807, 2.05) is 43.5 Å². The third-order valence-corrected chi connectivity index (χ3v) is 4.75. The number of morpholine rings is 1. The van der Waals surface area contributed by atoms with Crippen LogP contribution >= 0.6 is 11.6 Å². The van der Waals surface area contributed by atoms with Crippen LogP contribution in [0.1, 0.15) is 12.6 Å². The number of aromatic nitrogens is 3. The van der Waals surface area contributed by atoms with Crippen molar-refractivity contribution in [1.29, 1.82) is 0 Å². The van der Waals surface area contributed by atoms with Crippen LogP contribution in [0.25, 0.3) is 22.3 Å². The largest absolute Gasteiger partial charge is 0.377 e. The van der Waals surface area contributed by atoms with Crippen LogP contribution < -0.4 is 4.90 Å². The lowest BCUT2D eigenvalue weighted by Crippen LogP contribution is -2.44. The van der Waals surface area contributed by atoms with E-state index in [4.69, 9.17) is 16.3 Å². The van der Waals surface area contributed by atoms with Gasteiger partial charge in [0.15, 0.2) is 5.82 Å². The number of halogens is 1. The van der Waals surface area contributed by atoms with E-state index in [0.717, 1.165) is 47.7 Å². The quantitative estimate of drug-likeness (QED) is 0.699. The number of pyridine rings is 1. The fourth-order valence-electron chi connectivity index (χ4n) is 3.15. The summed E-state index contributed by atoms with van der Waals surface area (Å²) >= 11 is 6.10. The Morgan fingerprint density at radius 3 is 2.84 bits per heavy atom. The van der Waals surface area contributed by atoms with Gasteiger partial charge in [-0.05, 0) is 44.2 Å². The number of ether oxygens (including phenoxy) is 1. The second-order valence-corrected chi connectivity index (χ2v) is 6.75. The minimum atomic E-state index is 0.327. The van der Waals surface area contributed by atoms with E-state index in [0.29, 0.717) is 16.9 Å². The molecule has 1 aromatic carbocycles. The zero-order valence-electron chi connectivity index (χ0n) is 14.2. The second-order valence-electron chi connectivity index (χ2n) is 6.32. The molecule has 5 nitrogen and oxygen atoms in total. The topological polar surface area (TPSA) is 51.1 Å². The van der Waals surface area contributed by atoms with Crippen molar-refractivity contribution in [3.05, 3.63) is 47.2 Å². The minimum Gasteiger partial charge on any atom is -0.377 e. The molecule has 6 heteroatoms. The monoisotopic (exact) mass is 354 g/mol. The number of anilines is 1. The molecule has 0 unspecified atom stereocenters. The average molecular weight is 355 g/mol.